The first-order valence-electron chi connectivity index (χ1n) is 4.50. The number of benzene rings is 1. The molecular weight excluding hydrogens is 232 g/mol. The quantitative estimate of drug-likeness (QED) is 0.852. The molecule has 1 atom stereocenters. The number of sulfone groups is 1. The summed E-state index contributed by atoms with van der Waals surface area (Å²) in [5, 5.41) is 8.63. The van der Waals surface area contributed by atoms with Gasteiger partial charge in [0.05, 0.1) is 4.90 Å². The summed E-state index contributed by atoms with van der Waals surface area (Å²) in [5.74, 6) is -0.886. The molecule has 0 bridgehead atoms. The van der Waals surface area contributed by atoms with Gasteiger partial charge in [-0.3, -0.25) is 0 Å². The number of hydrogen-bond acceptors (Lipinski definition) is 4. The molecule has 0 aliphatic carbocycles. The Balaban J connectivity index is 2.96. The first-order valence-corrected chi connectivity index (χ1v) is 6.39. The Morgan fingerprint density at radius 3 is 2.56 bits per heavy atom. The summed E-state index contributed by atoms with van der Waals surface area (Å²) in [6.45, 7) is 1.37. The van der Waals surface area contributed by atoms with Crippen molar-refractivity contribution in [3.8, 4) is 5.75 Å². The van der Waals surface area contributed by atoms with Crippen molar-refractivity contribution in [2.45, 2.75) is 17.9 Å². The monoisotopic (exact) mass is 244 g/mol. The van der Waals surface area contributed by atoms with Gasteiger partial charge in [-0.05, 0) is 25.1 Å². The molecule has 0 aliphatic rings. The summed E-state index contributed by atoms with van der Waals surface area (Å²) in [6, 6.07) is 5.73. The lowest BCUT2D eigenvalue weighted by molar-refractivity contribution is -0.144. The van der Waals surface area contributed by atoms with E-state index in [0.29, 0.717) is 0 Å². The zero-order valence-electron chi connectivity index (χ0n) is 8.88. The minimum absolute atomic E-state index is 0.0996. The van der Waals surface area contributed by atoms with Gasteiger partial charge in [-0.1, -0.05) is 6.07 Å². The van der Waals surface area contributed by atoms with Crippen LogP contribution in [0.15, 0.2) is 29.2 Å². The fourth-order valence-electron chi connectivity index (χ4n) is 1.03. The summed E-state index contributed by atoms with van der Waals surface area (Å²) in [4.78, 5) is 10.6. The summed E-state index contributed by atoms with van der Waals surface area (Å²) < 4.78 is 27.5. The highest BCUT2D eigenvalue weighted by molar-refractivity contribution is 7.90. The third-order valence-electron chi connectivity index (χ3n) is 1.89. The Morgan fingerprint density at radius 2 is 2.06 bits per heavy atom. The summed E-state index contributed by atoms with van der Waals surface area (Å²) in [5.41, 5.74) is 0. The first-order chi connectivity index (χ1) is 7.30. The van der Waals surface area contributed by atoms with Gasteiger partial charge >= 0.3 is 5.97 Å². The van der Waals surface area contributed by atoms with Crippen molar-refractivity contribution in [3.63, 3.8) is 0 Å². The largest absolute Gasteiger partial charge is 0.479 e. The topological polar surface area (TPSA) is 80.7 Å². The Labute approximate surface area is 93.6 Å². The standard InChI is InChI=1S/C10H12O5S/c1-7(10(11)12)15-8-4-3-5-9(6-8)16(2,13)14/h3-7H,1-2H3,(H,11,12). The molecule has 5 nitrogen and oxygen atoms in total. The maximum absolute atomic E-state index is 11.2. The van der Waals surface area contributed by atoms with Crippen molar-refractivity contribution in [3.05, 3.63) is 24.3 Å². The minimum Gasteiger partial charge on any atom is -0.479 e. The zero-order chi connectivity index (χ0) is 12.3. The van der Waals surface area contributed by atoms with Crippen molar-refractivity contribution >= 4 is 15.8 Å². The molecule has 0 amide bonds. The number of carbonyl (C=O) groups is 1. The van der Waals surface area contributed by atoms with Gasteiger partial charge in [0.25, 0.3) is 0 Å². The van der Waals surface area contributed by atoms with Gasteiger partial charge in [0.1, 0.15) is 5.75 Å². The Hall–Kier alpha value is -1.56. The number of carboxylic acid groups (broad SMARTS) is 1. The number of aliphatic carboxylic acids is 1. The van der Waals surface area contributed by atoms with E-state index in [-0.39, 0.29) is 10.6 Å². The van der Waals surface area contributed by atoms with Crippen LogP contribution in [0.5, 0.6) is 5.75 Å². The molecule has 0 radical (unpaired) electrons. The van der Waals surface area contributed by atoms with E-state index in [4.69, 9.17) is 9.84 Å². The van der Waals surface area contributed by atoms with E-state index in [1.807, 2.05) is 0 Å². The zero-order valence-corrected chi connectivity index (χ0v) is 9.69. The van der Waals surface area contributed by atoms with Crippen molar-refractivity contribution < 1.29 is 23.1 Å². The highest BCUT2D eigenvalue weighted by atomic mass is 32.2. The minimum atomic E-state index is -3.31. The van der Waals surface area contributed by atoms with E-state index >= 15 is 0 Å². The molecule has 88 valence electrons. The maximum Gasteiger partial charge on any atom is 0.344 e. The average Bonchev–Trinajstić information content (AvgIpc) is 2.16. The molecule has 1 N–H and O–H groups in total. The molecular formula is C10H12O5S. The Bertz CT molecular complexity index is 492. The Kier molecular flexibility index (Phi) is 3.54. The molecule has 0 aromatic heterocycles. The normalized spacial score (nSPS) is 13.1. The number of carboxylic acids is 1. The van der Waals surface area contributed by atoms with Crippen LogP contribution in [0.4, 0.5) is 0 Å². The fraction of sp³-hybridized carbons (Fsp3) is 0.300. The van der Waals surface area contributed by atoms with Crippen LogP contribution in [0.25, 0.3) is 0 Å². The second-order valence-corrected chi connectivity index (χ2v) is 5.36. The van der Waals surface area contributed by atoms with Crippen LogP contribution in [-0.2, 0) is 14.6 Å². The van der Waals surface area contributed by atoms with Gasteiger partial charge in [-0.25, -0.2) is 13.2 Å². The molecule has 1 aromatic rings. The predicted octanol–water partition coefficient (Wildman–Crippen LogP) is 0.942. The number of ether oxygens (including phenoxy) is 1. The van der Waals surface area contributed by atoms with E-state index in [9.17, 15) is 13.2 Å². The van der Waals surface area contributed by atoms with Gasteiger partial charge in [0, 0.05) is 6.26 Å². The molecule has 1 rings (SSSR count). The second-order valence-electron chi connectivity index (χ2n) is 3.35. The van der Waals surface area contributed by atoms with Crippen LogP contribution < -0.4 is 4.74 Å². The second kappa shape index (κ2) is 4.52. The van der Waals surface area contributed by atoms with Crippen LogP contribution in [0.1, 0.15) is 6.92 Å². The number of hydrogen-bond donors (Lipinski definition) is 1. The molecule has 6 heteroatoms. The van der Waals surface area contributed by atoms with Crippen LogP contribution in [0.3, 0.4) is 0 Å². The number of rotatable bonds is 4. The van der Waals surface area contributed by atoms with Gasteiger partial charge in [0.15, 0.2) is 15.9 Å². The highest BCUT2D eigenvalue weighted by Crippen LogP contribution is 2.18. The van der Waals surface area contributed by atoms with Crippen molar-refractivity contribution in [1.29, 1.82) is 0 Å². The lowest BCUT2D eigenvalue weighted by Gasteiger charge is -2.10. The average molecular weight is 244 g/mol. The SMILES string of the molecule is CC(Oc1cccc(S(C)(=O)=O)c1)C(=O)O. The molecule has 0 heterocycles. The third kappa shape index (κ3) is 3.23. The van der Waals surface area contributed by atoms with Crippen molar-refractivity contribution in [1.82, 2.24) is 0 Å². The predicted molar refractivity (Wildman–Crippen MR) is 57.3 cm³/mol. The van der Waals surface area contributed by atoms with Crippen LogP contribution in [0.2, 0.25) is 0 Å². The van der Waals surface area contributed by atoms with Gasteiger partial charge in [-0.15, -0.1) is 0 Å². The lowest BCUT2D eigenvalue weighted by atomic mass is 10.3. The van der Waals surface area contributed by atoms with Crippen molar-refractivity contribution in [2.75, 3.05) is 6.26 Å². The van der Waals surface area contributed by atoms with Gasteiger partial charge in [-0.2, -0.15) is 0 Å². The van der Waals surface area contributed by atoms with Gasteiger partial charge in [0.2, 0.25) is 0 Å². The smallest absolute Gasteiger partial charge is 0.344 e. The van der Waals surface area contributed by atoms with E-state index in [1.54, 1.807) is 0 Å². The molecule has 0 saturated heterocycles. The Morgan fingerprint density at radius 1 is 1.44 bits per heavy atom. The van der Waals surface area contributed by atoms with E-state index < -0.39 is 21.9 Å². The molecule has 0 aliphatic heterocycles. The molecule has 0 saturated carbocycles. The van der Waals surface area contributed by atoms with E-state index in [1.165, 1.54) is 31.2 Å². The fourth-order valence-corrected chi connectivity index (χ4v) is 1.69. The molecule has 0 fully saturated rings. The third-order valence-corrected chi connectivity index (χ3v) is 3.00. The summed E-state index contributed by atoms with van der Waals surface area (Å²) in [7, 11) is -3.31. The summed E-state index contributed by atoms with van der Waals surface area (Å²) >= 11 is 0. The van der Waals surface area contributed by atoms with Gasteiger partial charge < -0.3 is 9.84 Å². The van der Waals surface area contributed by atoms with Crippen molar-refractivity contribution in [2.24, 2.45) is 0 Å². The van der Waals surface area contributed by atoms with E-state index in [2.05, 4.69) is 0 Å². The highest BCUT2D eigenvalue weighted by Gasteiger charge is 2.14. The molecule has 1 aromatic carbocycles. The van der Waals surface area contributed by atoms with Crippen LogP contribution in [0, 0.1) is 0 Å². The first kappa shape index (κ1) is 12.5. The van der Waals surface area contributed by atoms with E-state index in [0.717, 1.165) is 6.26 Å². The lowest BCUT2D eigenvalue weighted by Crippen LogP contribution is -2.22. The van der Waals surface area contributed by atoms with Crippen LogP contribution >= 0.6 is 0 Å². The maximum atomic E-state index is 11.2. The summed E-state index contributed by atoms with van der Waals surface area (Å²) in [6.07, 6.45) is 0.0574. The molecule has 16 heavy (non-hydrogen) atoms. The molecule has 0 spiro atoms. The molecule has 1 unspecified atom stereocenters. The van der Waals surface area contributed by atoms with Crippen LogP contribution in [-0.4, -0.2) is 31.9 Å².